The van der Waals surface area contributed by atoms with Gasteiger partial charge in [0.15, 0.2) is 5.96 Å². The summed E-state index contributed by atoms with van der Waals surface area (Å²) in [5.74, 6) is -8.28. The van der Waals surface area contributed by atoms with Crippen LogP contribution in [0, 0.1) is 17.8 Å². The molecule has 1 aliphatic rings. The van der Waals surface area contributed by atoms with Crippen molar-refractivity contribution in [3.8, 4) is 0 Å². The van der Waals surface area contributed by atoms with Gasteiger partial charge in [-0.3, -0.25) is 52.9 Å². The van der Waals surface area contributed by atoms with E-state index < -0.39 is 120 Å². The van der Waals surface area contributed by atoms with Crippen molar-refractivity contribution in [1.29, 1.82) is 0 Å². The smallest absolute Gasteiger partial charge is 0.245 e. The number of aliphatic hydroxyl groups excluding tert-OH is 1. The molecule has 0 radical (unpaired) electrons. The van der Waals surface area contributed by atoms with Crippen molar-refractivity contribution in [1.82, 2.24) is 57.3 Å². The van der Waals surface area contributed by atoms with Gasteiger partial charge in [0.25, 0.3) is 0 Å². The van der Waals surface area contributed by atoms with E-state index in [-0.39, 0.29) is 56.7 Å². The Morgan fingerprint density at radius 3 is 1.91 bits per heavy atom. The molecule has 0 bridgehead atoms. The van der Waals surface area contributed by atoms with Crippen molar-refractivity contribution in [3.05, 3.63) is 36.0 Å². The molecule has 25 heteroatoms. The number of para-hydroxylation sites is 1. The normalized spacial score (nSPS) is 16.7. The SMILES string of the molecule is CCNC(=O)[C@@H]1CCCN1C(=O)[C@H](CCCN=C(N)N)NC(=O)[C@@H](NC(=O)[C@H](Cc1c[nH]c2ccccc12)NC(=O)[C@@H](NC(=O)[C@H](NC(=O)[C@@H](NC(=O)CNC(=O)CN(C)C(C)=O)C(C)C)[C@H](C)CC)[C@@H](C)O)[C@@H](C)CC. The number of nitrogens with zero attached hydrogens (tertiary/aromatic N) is 3. The molecule has 1 saturated heterocycles. The van der Waals surface area contributed by atoms with Crippen LogP contribution in [0.2, 0.25) is 0 Å². The summed E-state index contributed by atoms with van der Waals surface area (Å²) < 4.78 is 0. The quantitative estimate of drug-likeness (QED) is 0.0242. The summed E-state index contributed by atoms with van der Waals surface area (Å²) >= 11 is 0. The lowest BCUT2D eigenvalue weighted by Gasteiger charge is -2.32. The zero-order valence-corrected chi connectivity index (χ0v) is 46.2. The first kappa shape index (κ1) is 64.0. The molecule has 0 aliphatic carbocycles. The summed E-state index contributed by atoms with van der Waals surface area (Å²) in [6.45, 7) is 14.6. The van der Waals surface area contributed by atoms with Gasteiger partial charge in [0.2, 0.25) is 59.1 Å². The molecule has 1 aromatic carbocycles. The van der Waals surface area contributed by atoms with Crippen molar-refractivity contribution in [2.24, 2.45) is 34.2 Å². The lowest BCUT2D eigenvalue weighted by molar-refractivity contribution is -0.142. The second-order valence-electron chi connectivity index (χ2n) is 20.1. The van der Waals surface area contributed by atoms with Crippen LogP contribution in [0.5, 0.6) is 0 Å². The number of guanidine groups is 1. The van der Waals surface area contributed by atoms with Crippen LogP contribution < -0.4 is 54.0 Å². The summed E-state index contributed by atoms with van der Waals surface area (Å²) in [6, 6.07) is -1.48. The van der Waals surface area contributed by atoms with E-state index in [2.05, 4.69) is 52.5 Å². The maximum absolute atomic E-state index is 14.7. The summed E-state index contributed by atoms with van der Waals surface area (Å²) in [7, 11) is 1.42. The second kappa shape index (κ2) is 31.0. The molecule has 3 rings (SSSR count). The van der Waals surface area contributed by atoms with Gasteiger partial charge >= 0.3 is 0 Å². The van der Waals surface area contributed by atoms with Gasteiger partial charge in [-0.25, -0.2) is 0 Å². The van der Waals surface area contributed by atoms with E-state index in [0.29, 0.717) is 37.8 Å². The number of carbonyl (C=O) groups excluding carboxylic acids is 10. The standard InChI is InChI=1S/C52H84N14O11/c1-11-29(6)42(48(74)59-36(20-16-22-56-52(53)54)51(77)66-23-17-21-38(66)46(72)55-13-3)62-45(71)37(24-33-25-57-35-19-15-14-18-34(33)35)60-50(76)44(31(8)67)64-49(75)43(30(7)12-2)63-47(73)41(28(4)5)61-39(69)26-58-40(70)27-65(10)32(9)68/h14-15,18-19,25,28-31,36-38,41-44,57,67H,11-13,16-17,20-24,26-27H2,1-10H3,(H,55,72)(H,58,70)(H,59,74)(H,60,76)(H,61,69)(H,62,71)(H,63,73)(H,64,75)(H4,53,54,56)/t29-,30+,31+,36-,37-,38-,41-,42-,43+,44-/m0/s1. The molecule has 10 amide bonds. The fraction of sp³-hybridized carbons (Fsp3) is 0.635. The lowest BCUT2D eigenvalue weighted by Crippen LogP contribution is -2.63. The number of aromatic nitrogens is 1. The van der Waals surface area contributed by atoms with Gasteiger partial charge in [-0.05, 0) is 68.9 Å². The average Bonchev–Trinajstić information content (AvgIpc) is 4.05. The van der Waals surface area contributed by atoms with E-state index in [1.807, 2.05) is 25.1 Å². The number of hydrogen-bond acceptors (Lipinski definition) is 12. The van der Waals surface area contributed by atoms with Gasteiger partial charge < -0.3 is 73.9 Å². The highest BCUT2D eigenvalue weighted by Crippen LogP contribution is 2.22. The maximum Gasteiger partial charge on any atom is 0.245 e. The monoisotopic (exact) mass is 1080 g/mol. The van der Waals surface area contributed by atoms with Crippen LogP contribution in [0.3, 0.4) is 0 Å². The van der Waals surface area contributed by atoms with E-state index in [1.165, 1.54) is 25.8 Å². The van der Waals surface area contributed by atoms with Crippen molar-refractivity contribution in [2.45, 2.75) is 156 Å². The van der Waals surface area contributed by atoms with Gasteiger partial charge in [-0.1, -0.05) is 72.6 Å². The van der Waals surface area contributed by atoms with Crippen LogP contribution >= 0.6 is 0 Å². The number of aliphatic hydroxyl groups is 1. The molecule has 0 spiro atoms. The number of likely N-dealkylation sites (tertiary alicyclic amines) is 1. The Balaban J connectivity index is 1.93. The van der Waals surface area contributed by atoms with Crippen molar-refractivity contribution < 1.29 is 53.1 Å². The van der Waals surface area contributed by atoms with Crippen LogP contribution in [0.25, 0.3) is 10.9 Å². The van der Waals surface area contributed by atoms with Gasteiger partial charge in [0.05, 0.1) is 19.2 Å². The highest BCUT2D eigenvalue weighted by Gasteiger charge is 2.40. The molecule has 0 unspecified atom stereocenters. The Labute approximate surface area is 450 Å². The summed E-state index contributed by atoms with van der Waals surface area (Å²) in [4.78, 5) is 145. The maximum atomic E-state index is 14.7. The zero-order chi connectivity index (χ0) is 57.7. The first-order valence-electron chi connectivity index (χ1n) is 26.5. The molecule has 428 valence electrons. The molecule has 77 heavy (non-hydrogen) atoms. The predicted molar refractivity (Wildman–Crippen MR) is 289 cm³/mol. The number of aromatic amines is 1. The largest absolute Gasteiger partial charge is 0.391 e. The summed E-state index contributed by atoms with van der Waals surface area (Å²) in [5.41, 5.74) is 12.4. The number of carbonyl (C=O) groups is 10. The summed E-state index contributed by atoms with van der Waals surface area (Å²) in [6.07, 6.45) is 2.11. The number of amides is 10. The molecule has 2 heterocycles. The second-order valence-corrected chi connectivity index (χ2v) is 20.1. The van der Waals surface area contributed by atoms with Gasteiger partial charge in [-0.15, -0.1) is 0 Å². The first-order valence-corrected chi connectivity index (χ1v) is 26.5. The third-order valence-electron chi connectivity index (χ3n) is 13.8. The number of fused-ring (bicyclic) bond motifs is 1. The van der Waals surface area contributed by atoms with E-state index in [9.17, 15) is 53.1 Å². The minimum absolute atomic E-state index is 0.0905. The Morgan fingerprint density at radius 1 is 0.753 bits per heavy atom. The van der Waals surface area contributed by atoms with E-state index in [1.54, 1.807) is 53.8 Å². The molecule has 25 nitrogen and oxygen atoms in total. The van der Waals surface area contributed by atoms with Gasteiger partial charge in [0.1, 0.15) is 42.3 Å². The summed E-state index contributed by atoms with van der Waals surface area (Å²) in [5, 5.41) is 33.2. The fourth-order valence-electron chi connectivity index (χ4n) is 8.68. The molecular formula is C52H84N14O11. The number of aliphatic imine (C=N–C) groups is 1. The van der Waals surface area contributed by atoms with E-state index >= 15 is 0 Å². The third kappa shape index (κ3) is 19.3. The number of nitrogens with two attached hydrogens (primary N) is 2. The molecule has 1 aliphatic heterocycles. The number of likely N-dealkylation sites (N-methyl/N-ethyl adjacent to an activating group) is 2. The highest BCUT2D eigenvalue weighted by atomic mass is 16.3. The number of benzene rings is 1. The zero-order valence-electron chi connectivity index (χ0n) is 46.2. The van der Waals surface area contributed by atoms with Crippen LogP contribution in [0.4, 0.5) is 0 Å². The van der Waals surface area contributed by atoms with Crippen LogP contribution in [0.1, 0.15) is 106 Å². The number of hydrogen-bond donors (Lipinski definition) is 12. The minimum atomic E-state index is -1.69. The van der Waals surface area contributed by atoms with Crippen molar-refractivity contribution in [2.75, 3.05) is 39.8 Å². The molecule has 1 fully saturated rings. The average molecular weight is 1080 g/mol. The Bertz CT molecular complexity index is 2410. The van der Waals surface area contributed by atoms with Gasteiger partial charge in [0, 0.05) is 57.1 Å². The molecule has 10 atom stereocenters. The van der Waals surface area contributed by atoms with Crippen LogP contribution in [0.15, 0.2) is 35.5 Å². The Kier molecular flexibility index (Phi) is 25.8. The highest BCUT2D eigenvalue weighted by molar-refractivity contribution is 5.99. The topological polar surface area (TPSA) is 374 Å². The Hall–Kier alpha value is -7.31. The number of rotatable bonds is 30. The number of H-pyrrole nitrogens is 1. The van der Waals surface area contributed by atoms with Crippen molar-refractivity contribution >= 4 is 75.9 Å². The molecular weight excluding hydrogens is 997 g/mol. The number of nitrogens with one attached hydrogen (secondary N) is 9. The molecule has 1 aromatic heterocycles. The lowest BCUT2D eigenvalue weighted by atomic mass is 9.95. The van der Waals surface area contributed by atoms with Crippen LogP contribution in [-0.4, -0.2) is 173 Å². The third-order valence-corrected chi connectivity index (χ3v) is 13.8. The minimum Gasteiger partial charge on any atom is -0.391 e. The van der Waals surface area contributed by atoms with Gasteiger partial charge in [-0.2, -0.15) is 0 Å². The molecule has 2 aromatic rings. The van der Waals surface area contributed by atoms with Crippen LogP contribution in [-0.2, 0) is 54.4 Å². The first-order chi connectivity index (χ1) is 36.3. The molecule has 14 N–H and O–H groups in total. The molecule has 0 saturated carbocycles. The van der Waals surface area contributed by atoms with Crippen molar-refractivity contribution in [3.63, 3.8) is 0 Å². The fourth-order valence-corrected chi connectivity index (χ4v) is 8.68. The van der Waals surface area contributed by atoms with E-state index in [0.717, 1.165) is 15.8 Å². The predicted octanol–water partition coefficient (Wildman–Crippen LogP) is -1.48. The Morgan fingerprint density at radius 2 is 1.32 bits per heavy atom. The van der Waals surface area contributed by atoms with E-state index in [4.69, 9.17) is 11.5 Å².